The Hall–Kier alpha value is -1.18. The Bertz CT molecular complexity index is 548. The van der Waals surface area contributed by atoms with Crippen molar-refractivity contribution in [3.8, 4) is 0 Å². The second-order valence-corrected chi connectivity index (χ2v) is 8.16. The lowest BCUT2D eigenvalue weighted by Crippen LogP contribution is -2.41. The second kappa shape index (κ2) is 8.88. The summed E-state index contributed by atoms with van der Waals surface area (Å²) in [6.45, 7) is 19.3. The largest absolute Gasteiger partial charge is 0.348 e. The van der Waals surface area contributed by atoms with Gasteiger partial charge in [-0.25, -0.2) is 13.1 Å². The van der Waals surface area contributed by atoms with Gasteiger partial charge in [-0.2, -0.15) is 0 Å². The van der Waals surface area contributed by atoms with E-state index >= 15 is 0 Å². The average Bonchev–Trinajstić information content (AvgIpc) is 3.36. The first-order valence-corrected chi connectivity index (χ1v) is 10.4. The molecule has 2 spiro atoms. The molecule has 0 radical (unpaired) electrons. The fourth-order valence-corrected chi connectivity index (χ4v) is 4.72. The van der Waals surface area contributed by atoms with Crippen molar-refractivity contribution in [3.05, 3.63) is 22.8 Å². The van der Waals surface area contributed by atoms with Gasteiger partial charge in [0.15, 0.2) is 11.6 Å². The van der Waals surface area contributed by atoms with Gasteiger partial charge >= 0.3 is 0 Å². The zero-order valence-corrected chi connectivity index (χ0v) is 16.5. The van der Waals surface area contributed by atoms with E-state index in [9.17, 15) is 0 Å². The molecule has 150 valence electrons. The summed E-state index contributed by atoms with van der Waals surface area (Å²) in [6, 6.07) is 0.212. The first-order chi connectivity index (χ1) is 13.1. The van der Waals surface area contributed by atoms with E-state index in [0.29, 0.717) is 0 Å². The molecule has 2 aliphatic carbocycles. The molecule has 0 atom stereocenters. The molecule has 4 rings (SSSR count). The molecule has 4 aliphatic rings. The third-order valence-corrected chi connectivity index (χ3v) is 6.42. The van der Waals surface area contributed by atoms with Gasteiger partial charge in [0.05, 0.1) is 26.4 Å². The number of rotatable bonds is 2. The summed E-state index contributed by atoms with van der Waals surface area (Å²) in [7, 11) is 0. The highest BCUT2D eigenvalue weighted by atomic mass is 16.7. The van der Waals surface area contributed by atoms with Crippen LogP contribution in [0.4, 0.5) is 0 Å². The van der Waals surface area contributed by atoms with E-state index in [4.69, 9.17) is 32.1 Å². The molecule has 0 bridgehead atoms. The van der Waals surface area contributed by atoms with Crippen LogP contribution in [0.25, 0.3) is 9.69 Å². The van der Waals surface area contributed by atoms with Crippen molar-refractivity contribution in [1.29, 1.82) is 0 Å². The van der Waals surface area contributed by atoms with Gasteiger partial charge in [-0.15, -0.1) is 0 Å². The fourth-order valence-electron chi connectivity index (χ4n) is 4.72. The van der Waals surface area contributed by atoms with Crippen molar-refractivity contribution in [2.45, 2.75) is 94.3 Å². The SMILES string of the molecule is [C-]#[N+]C1(CCC)CCC2(CC1)OCCO2.[C-]#[N+]C1CCC2(CC1)OCCO2. The van der Waals surface area contributed by atoms with Crippen LogP contribution in [0.2, 0.25) is 0 Å². The van der Waals surface area contributed by atoms with Crippen LogP contribution >= 0.6 is 0 Å². The summed E-state index contributed by atoms with van der Waals surface area (Å²) in [5.74, 6) is -0.608. The second-order valence-electron chi connectivity index (χ2n) is 8.16. The van der Waals surface area contributed by atoms with Gasteiger partial charge < -0.3 is 28.6 Å². The molecule has 2 aliphatic heterocycles. The van der Waals surface area contributed by atoms with Crippen LogP contribution in [-0.2, 0) is 18.9 Å². The maximum Gasteiger partial charge on any atom is 0.233 e. The van der Waals surface area contributed by atoms with Crippen LogP contribution in [0.1, 0.15) is 71.1 Å². The Kier molecular flexibility index (Phi) is 6.76. The molecule has 0 N–H and O–H groups in total. The maximum atomic E-state index is 7.35. The standard InChI is InChI=1S/C12H19NO2.C9H13NO2/c1-3-4-11(13-2)5-7-12(8-6-11)14-9-10-15-12;1-10-8-2-4-9(5-3-8)11-6-7-12-9/h3-10H2,1H3;8H,2-7H2. The molecule has 4 fully saturated rings. The lowest BCUT2D eigenvalue weighted by Gasteiger charge is -2.36. The normalized spacial score (nSPS) is 30.3. The van der Waals surface area contributed by atoms with Crippen molar-refractivity contribution in [3.63, 3.8) is 0 Å². The third kappa shape index (κ3) is 4.81. The number of hydrogen-bond donors (Lipinski definition) is 0. The van der Waals surface area contributed by atoms with E-state index < -0.39 is 0 Å². The molecule has 0 aromatic rings. The summed E-state index contributed by atoms with van der Waals surface area (Å²) < 4.78 is 22.4. The summed E-state index contributed by atoms with van der Waals surface area (Å²) >= 11 is 0. The molecule has 6 heteroatoms. The highest BCUT2D eigenvalue weighted by molar-refractivity contribution is 5.03. The van der Waals surface area contributed by atoms with E-state index in [1.807, 2.05) is 0 Å². The molecule has 0 aromatic heterocycles. The molecular weight excluding hydrogens is 344 g/mol. The molecular formula is C21H32N2O4. The maximum absolute atomic E-state index is 7.35. The van der Waals surface area contributed by atoms with Crippen molar-refractivity contribution < 1.29 is 18.9 Å². The molecule has 2 saturated carbocycles. The van der Waals surface area contributed by atoms with Crippen LogP contribution in [0.15, 0.2) is 0 Å². The van der Waals surface area contributed by atoms with Crippen LogP contribution in [-0.4, -0.2) is 49.6 Å². The van der Waals surface area contributed by atoms with Gasteiger partial charge in [0, 0.05) is 57.8 Å². The van der Waals surface area contributed by atoms with Gasteiger partial charge in [-0.3, -0.25) is 0 Å². The topological polar surface area (TPSA) is 45.6 Å². The average molecular weight is 376 g/mol. The summed E-state index contributed by atoms with van der Waals surface area (Å²) in [5.41, 5.74) is -0.116. The van der Waals surface area contributed by atoms with Crippen LogP contribution in [0.3, 0.4) is 0 Å². The van der Waals surface area contributed by atoms with E-state index in [1.165, 1.54) is 0 Å². The summed E-state index contributed by atoms with van der Waals surface area (Å²) in [6.07, 6.45) is 9.45. The number of hydrogen-bond acceptors (Lipinski definition) is 4. The van der Waals surface area contributed by atoms with Crippen molar-refractivity contribution in [1.82, 2.24) is 0 Å². The predicted molar refractivity (Wildman–Crippen MR) is 101 cm³/mol. The monoisotopic (exact) mass is 376 g/mol. The zero-order valence-electron chi connectivity index (χ0n) is 16.5. The lowest BCUT2D eigenvalue weighted by molar-refractivity contribution is -0.182. The van der Waals surface area contributed by atoms with E-state index in [2.05, 4.69) is 16.6 Å². The number of nitrogens with zero attached hydrogens (tertiary/aromatic N) is 2. The van der Waals surface area contributed by atoms with E-state index in [0.717, 1.165) is 90.6 Å². The minimum absolute atomic E-state index is 0.116. The molecule has 6 nitrogen and oxygen atoms in total. The Balaban J connectivity index is 0.000000159. The summed E-state index contributed by atoms with van der Waals surface area (Å²) in [4.78, 5) is 7.40. The molecule has 2 heterocycles. The minimum Gasteiger partial charge on any atom is -0.348 e. The van der Waals surface area contributed by atoms with Crippen molar-refractivity contribution >= 4 is 0 Å². The fraction of sp³-hybridized carbons (Fsp3) is 0.905. The zero-order chi connectivity index (χ0) is 19.2. The third-order valence-electron chi connectivity index (χ3n) is 6.42. The number of ether oxygens (including phenoxy) is 4. The van der Waals surface area contributed by atoms with E-state index in [-0.39, 0.29) is 23.2 Å². The molecule has 0 unspecified atom stereocenters. The Morgan fingerprint density at radius 2 is 1.26 bits per heavy atom. The van der Waals surface area contributed by atoms with Crippen LogP contribution < -0.4 is 0 Å². The van der Waals surface area contributed by atoms with Gasteiger partial charge in [-0.1, -0.05) is 6.92 Å². The quantitative estimate of drug-likeness (QED) is 0.672. The minimum atomic E-state index is -0.318. The molecule has 0 amide bonds. The van der Waals surface area contributed by atoms with Gasteiger partial charge in [0.2, 0.25) is 11.6 Å². The first kappa shape index (κ1) is 20.6. The van der Waals surface area contributed by atoms with Crippen LogP contribution in [0.5, 0.6) is 0 Å². The Morgan fingerprint density at radius 1 is 0.778 bits per heavy atom. The molecule has 27 heavy (non-hydrogen) atoms. The van der Waals surface area contributed by atoms with E-state index in [1.54, 1.807) is 0 Å². The highest BCUT2D eigenvalue weighted by Crippen LogP contribution is 2.44. The lowest BCUT2D eigenvalue weighted by atomic mass is 9.76. The van der Waals surface area contributed by atoms with Gasteiger partial charge in [0.1, 0.15) is 0 Å². The van der Waals surface area contributed by atoms with Gasteiger partial charge in [-0.05, 0) is 6.42 Å². The smallest absolute Gasteiger partial charge is 0.233 e. The highest BCUT2D eigenvalue weighted by Gasteiger charge is 2.49. The molecule has 2 saturated heterocycles. The van der Waals surface area contributed by atoms with Gasteiger partial charge in [0.25, 0.3) is 0 Å². The Morgan fingerprint density at radius 3 is 1.67 bits per heavy atom. The Labute approximate surface area is 163 Å². The molecule has 0 aromatic carbocycles. The predicted octanol–water partition coefficient (Wildman–Crippen LogP) is 4.35. The first-order valence-electron chi connectivity index (χ1n) is 10.4. The summed E-state index contributed by atoms with van der Waals surface area (Å²) in [5, 5.41) is 0. The van der Waals surface area contributed by atoms with Crippen molar-refractivity contribution in [2.75, 3.05) is 26.4 Å². The van der Waals surface area contributed by atoms with Crippen molar-refractivity contribution in [2.24, 2.45) is 0 Å². The van der Waals surface area contributed by atoms with Crippen LogP contribution in [0, 0.1) is 13.1 Å².